The Bertz CT molecular complexity index is 787. The smallest absolute Gasteiger partial charge is 0.261 e. The summed E-state index contributed by atoms with van der Waals surface area (Å²) in [6.07, 6.45) is -1.20. The highest BCUT2D eigenvalue weighted by atomic mass is 28.4. The maximum atomic E-state index is 10.9. The van der Waals surface area contributed by atoms with Crippen molar-refractivity contribution in [2.24, 2.45) is 0 Å². The zero-order valence-electron chi connectivity index (χ0n) is 19.8. The van der Waals surface area contributed by atoms with Gasteiger partial charge in [0, 0.05) is 6.54 Å². The zero-order valence-corrected chi connectivity index (χ0v) is 20.8. The third-order valence-corrected chi connectivity index (χ3v) is 11.7. The van der Waals surface area contributed by atoms with E-state index in [1.165, 1.54) is 10.4 Å². The zero-order chi connectivity index (χ0) is 23.4. The first kappa shape index (κ1) is 25.1. The molecule has 4 atom stereocenters. The summed E-state index contributed by atoms with van der Waals surface area (Å²) in [6, 6.07) is 20.5. The van der Waals surface area contributed by atoms with Crippen molar-refractivity contribution in [1.29, 1.82) is 0 Å². The van der Waals surface area contributed by atoms with E-state index in [0.29, 0.717) is 13.2 Å². The SMILES string of the molecule is CCCCN1C[C@H](O)[C@@H](O)[C@H](O)C1CO[Si](c1ccccc1)(c1ccccc1)C(C)(C)C. The van der Waals surface area contributed by atoms with Gasteiger partial charge in [-0.15, -0.1) is 0 Å². The predicted molar refractivity (Wildman–Crippen MR) is 132 cm³/mol. The standard InChI is InChI=1S/C26H39NO4Si/c1-5-6-17-27-18-23(28)25(30)24(29)22(27)19-31-32(26(2,3)4,20-13-9-7-10-14-20)21-15-11-8-12-16-21/h7-16,22-25,28-30H,5-6,17-19H2,1-4H3/t22?,23-,24+,25+/m0/s1. The van der Waals surface area contributed by atoms with Crippen molar-refractivity contribution < 1.29 is 19.7 Å². The predicted octanol–water partition coefficient (Wildman–Crippen LogP) is 2.13. The van der Waals surface area contributed by atoms with Crippen LogP contribution in [0.25, 0.3) is 0 Å². The molecule has 32 heavy (non-hydrogen) atoms. The van der Waals surface area contributed by atoms with Crippen molar-refractivity contribution in [3.8, 4) is 0 Å². The van der Waals surface area contributed by atoms with E-state index in [1.807, 2.05) is 12.1 Å². The molecule has 0 saturated carbocycles. The van der Waals surface area contributed by atoms with Gasteiger partial charge in [-0.3, -0.25) is 4.90 Å². The number of piperidine rings is 1. The van der Waals surface area contributed by atoms with Gasteiger partial charge in [-0.25, -0.2) is 0 Å². The summed E-state index contributed by atoms with van der Waals surface area (Å²) >= 11 is 0. The van der Waals surface area contributed by atoms with Gasteiger partial charge >= 0.3 is 0 Å². The lowest BCUT2D eigenvalue weighted by Crippen LogP contribution is -2.69. The van der Waals surface area contributed by atoms with Crippen molar-refractivity contribution in [1.82, 2.24) is 4.90 Å². The number of β-amino-alcohol motifs (C(OH)–C–C–N with tert-alkyl or cyclic N) is 1. The number of hydrogen-bond acceptors (Lipinski definition) is 5. The van der Waals surface area contributed by atoms with E-state index in [-0.39, 0.29) is 11.1 Å². The molecule has 0 aliphatic carbocycles. The molecule has 2 aromatic carbocycles. The number of nitrogens with zero attached hydrogens (tertiary/aromatic N) is 1. The fourth-order valence-corrected chi connectivity index (χ4v) is 9.53. The lowest BCUT2D eigenvalue weighted by Gasteiger charge is -2.47. The van der Waals surface area contributed by atoms with E-state index in [2.05, 4.69) is 81.1 Å². The molecule has 1 fully saturated rings. The lowest BCUT2D eigenvalue weighted by molar-refractivity contribution is -0.143. The summed E-state index contributed by atoms with van der Waals surface area (Å²) in [5.74, 6) is 0. The molecule has 0 amide bonds. The molecule has 3 rings (SSSR count). The van der Waals surface area contributed by atoms with Crippen LogP contribution in [0, 0.1) is 0 Å². The van der Waals surface area contributed by atoms with Crippen LogP contribution in [0.5, 0.6) is 0 Å². The third-order valence-electron chi connectivity index (χ3n) is 6.72. The van der Waals surface area contributed by atoms with Crippen LogP contribution in [0.15, 0.2) is 60.7 Å². The number of aliphatic hydroxyl groups is 3. The largest absolute Gasteiger partial charge is 0.406 e. The van der Waals surface area contributed by atoms with Crippen LogP contribution in [0.2, 0.25) is 5.04 Å². The van der Waals surface area contributed by atoms with Gasteiger partial charge in [0.15, 0.2) is 0 Å². The Balaban J connectivity index is 2.01. The van der Waals surface area contributed by atoms with Crippen molar-refractivity contribution in [3.63, 3.8) is 0 Å². The third kappa shape index (κ3) is 5.01. The van der Waals surface area contributed by atoms with Gasteiger partial charge in [-0.05, 0) is 28.4 Å². The van der Waals surface area contributed by atoms with Crippen LogP contribution in [-0.4, -0.2) is 72.6 Å². The van der Waals surface area contributed by atoms with Crippen LogP contribution in [-0.2, 0) is 4.43 Å². The number of rotatable bonds is 8. The van der Waals surface area contributed by atoms with Gasteiger partial charge in [0.1, 0.15) is 12.2 Å². The van der Waals surface area contributed by atoms with Crippen LogP contribution < -0.4 is 10.4 Å². The molecule has 1 saturated heterocycles. The van der Waals surface area contributed by atoms with Gasteiger partial charge in [0.05, 0.1) is 18.8 Å². The minimum Gasteiger partial charge on any atom is -0.406 e. The van der Waals surface area contributed by atoms with Crippen LogP contribution in [0.1, 0.15) is 40.5 Å². The Labute approximate surface area is 193 Å². The number of unbranched alkanes of at least 4 members (excludes halogenated alkanes) is 1. The van der Waals surface area contributed by atoms with Crippen LogP contribution >= 0.6 is 0 Å². The summed E-state index contributed by atoms with van der Waals surface area (Å²) in [5.41, 5.74) is 0. The Hall–Kier alpha value is -1.54. The molecule has 1 aliphatic rings. The average Bonchev–Trinajstić information content (AvgIpc) is 2.78. The average molecular weight is 458 g/mol. The summed E-state index contributed by atoms with van der Waals surface area (Å²) in [6.45, 7) is 10.2. The summed E-state index contributed by atoms with van der Waals surface area (Å²) in [4.78, 5) is 2.09. The lowest BCUT2D eigenvalue weighted by atomic mass is 9.94. The van der Waals surface area contributed by atoms with Gasteiger partial charge in [0.25, 0.3) is 8.32 Å². The topological polar surface area (TPSA) is 73.2 Å². The van der Waals surface area contributed by atoms with Gasteiger partial charge in [-0.1, -0.05) is 94.8 Å². The highest BCUT2D eigenvalue weighted by molar-refractivity contribution is 6.99. The molecule has 2 aromatic rings. The maximum absolute atomic E-state index is 10.9. The molecule has 1 unspecified atom stereocenters. The second-order valence-corrected chi connectivity index (χ2v) is 14.2. The van der Waals surface area contributed by atoms with E-state index >= 15 is 0 Å². The summed E-state index contributed by atoms with van der Waals surface area (Å²) in [5, 5.41) is 33.8. The quantitative estimate of drug-likeness (QED) is 0.530. The summed E-state index contributed by atoms with van der Waals surface area (Å²) < 4.78 is 7.01. The molecule has 1 heterocycles. The van der Waals surface area contributed by atoms with E-state index in [9.17, 15) is 15.3 Å². The first-order valence-electron chi connectivity index (χ1n) is 11.8. The molecule has 6 heteroatoms. The van der Waals surface area contributed by atoms with Crippen molar-refractivity contribution in [3.05, 3.63) is 60.7 Å². The Morgan fingerprint density at radius 2 is 1.44 bits per heavy atom. The second kappa shape index (κ2) is 10.6. The minimum absolute atomic E-state index is 0.165. The molecule has 3 N–H and O–H groups in total. The maximum Gasteiger partial charge on any atom is 0.261 e. The molecule has 0 aromatic heterocycles. The first-order chi connectivity index (χ1) is 15.2. The summed E-state index contributed by atoms with van der Waals surface area (Å²) in [7, 11) is -2.74. The van der Waals surface area contributed by atoms with Crippen molar-refractivity contribution in [2.45, 2.75) is 69.9 Å². The fraction of sp³-hybridized carbons (Fsp3) is 0.538. The van der Waals surface area contributed by atoms with E-state index < -0.39 is 26.6 Å². The molecule has 0 radical (unpaired) electrons. The van der Waals surface area contributed by atoms with E-state index in [1.54, 1.807) is 0 Å². The highest BCUT2D eigenvalue weighted by Gasteiger charge is 2.51. The number of hydrogen-bond donors (Lipinski definition) is 3. The molecular weight excluding hydrogens is 418 g/mol. The molecule has 1 aliphatic heterocycles. The second-order valence-electron chi connectivity index (χ2n) is 9.94. The first-order valence-corrected chi connectivity index (χ1v) is 13.7. The Kier molecular flexibility index (Phi) is 8.30. The normalized spacial score (nSPS) is 25.1. The van der Waals surface area contributed by atoms with Crippen molar-refractivity contribution >= 4 is 18.7 Å². The monoisotopic (exact) mass is 457 g/mol. The molecule has 0 bridgehead atoms. The number of aliphatic hydroxyl groups excluding tert-OH is 3. The van der Waals surface area contributed by atoms with Crippen LogP contribution in [0.3, 0.4) is 0 Å². The Morgan fingerprint density at radius 1 is 0.906 bits per heavy atom. The van der Waals surface area contributed by atoms with E-state index in [4.69, 9.17) is 4.43 Å². The van der Waals surface area contributed by atoms with Gasteiger partial charge < -0.3 is 19.7 Å². The minimum atomic E-state index is -2.74. The number of benzene rings is 2. The van der Waals surface area contributed by atoms with Crippen LogP contribution in [0.4, 0.5) is 0 Å². The molecular formula is C26H39NO4Si. The van der Waals surface area contributed by atoms with Crippen molar-refractivity contribution in [2.75, 3.05) is 19.7 Å². The Morgan fingerprint density at radius 3 is 1.91 bits per heavy atom. The highest BCUT2D eigenvalue weighted by Crippen LogP contribution is 2.37. The fourth-order valence-electron chi connectivity index (χ4n) is 4.95. The molecule has 5 nitrogen and oxygen atoms in total. The molecule has 0 spiro atoms. The molecule has 176 valence electrons. The van der Waals surface area contributed by atoms with Gasteiger partial charge in [0.2, 0.25) is 0 Å². The number of likely N-dealkylation sites (tertiary alicyclic amines) is 1. The van der Waals surface area contributed by atoms with Gasteiger partial charge in [-0.2, -0.15) is 0 Å². The van der Waals surface area contributed by atoms with E-state index in [0.717, 1.165) is 19.4 Å².